The van der Waals surface area contributed by atoms with Gasteiger partial charge in [-0.1, -0.05) is 59.6 Å². The number of amides is 1. The third-order valence-corrected chi connectivity index (χ3v) is 6.31. The van der Waals surface area contributed by atoms with Crippen molar-refractivity contribution in [3.8, 4) is 5.75 Å². The minimum absolute atomic E-state index is 0.0276. The highest BCUT2D eigenvalue weighted by Gasteiger charge is 2.16. The molecule has 1 heterocycles. The van der Waals surface area contributed by atoms with Crippen LogP contribution in [0.5, 0.6) is 5.75 Å². The van der Waals surface area contributed by atoms with Crippen molar-refractivity contribution >= 4 is 44.6 Å². The summed E-state index contributed by atoms with van der Waals surface area (Å²) in [5.41, 5.74) is 2.84. The molecule has 1 atom stereocenters. The second-order valence-electron chi connectivity index (χ2n) is 8.54. The molecule has 3 aromatic carbocycles. The predicted molar refractivity (Wildman–Crippen MR) is 147 cm³/mol. The van der Waals surface area contributed by atoms with E-state index in [-0.39, 0.29) is 24.0 Å². The molecule has 8 heteroatoms. The number of carbonyl (C=O) groups excluding carboxylic acids is 1. The van der Waals surface area contributed by atoms with Gasteiger partial charge in [-0.3, -0.25) is 9.59 Å². The third kappa shape index (κ3) is 5.88. The molecular formula is C28H27BrN4O3. The molecule has 4 rings (SSSR count). The number of nitrogens with one attached hydrogen (secondary N) is 1. The van der Waals surface area contributed by atoms with Gasteiger partial charge in [-0.05, 0) is 55.8 Å². The van der Waals surface area contributed by atoms with Crippen molar-refractivity contribution < 1.29 is 9.53 Å². The number of anilines is 1. The number of hydrogen-bond donors (Lipinski definition) is 1. The quantitative estimate of drug-likeness (QED) is 0.279. The largest absolute Gasteiger partial charge is 0.483 e. The lowest BCUT2D eigenvalue weighted by molar-refractivity contribution is -0.118. The number of rotatable bonds is 8. The molecule has 1 aromatic heterocycles. The normalized spacial score (nSPS) is 12.1. The molecule has 1 N–H and O–H groups in total. The van der Waals surface area contributed by atoms with Crippen molar-refractivity contribution in [2.24, 2.45) is 5.10 Å². The van der Waals surface area contributed by atoms with Crippen LogP contribution in [0.2, 0.25) is 0 Å². The summed E-state index contributed by atoms with van der Waals surface area (Å²) in [6.45, 7) is 5.88. The van der Waals surface area contributed by atoms with Gasteiger partial charge in [0.1, 0.15) is 11.6 Å². The number of aromatic nitrogens is 2. The number of carbonyl (C=O) groups is 1. The molecule has 1 amide bonds. The summed E-state index contributed by atoms with van der Waals surface area (Å²) in [7, 11) is 0. The van der Waals surface area contributed by atoms with Gasteiger partial charge in [-0.2, -0.15) is 9.78 Å². The van der Waals surface area contributed by atoms with Gasteiger partial charge in [0.25, 0.3) is 11.5 Å². The maximum absolute atomic E-state index is 13.3. The van der Waals surface area contributed by atoms with Gasteiger partial charge in [-0.25, -0.2) is 4.98 Å². The van der Waals surface area contributed by atoms with Crippen LogP contribution in [0.4, 0.5) is 5.69 Å². The van der Waals surface area contributed by atoms with Crippen molar-refractivity contribution in [3.63, 3.8) is 0 Å². The molecule has 0 bridgehead atoms. The van der Waals surface area contributed by atoms with Crippen molar-refractivity contribution in [1.29, 1.82) is 0 Å². The Morgan fingerprint density at radius 2 is 1.92 bits per heavy atom. The van der Waals surface area contributed by atoms with E-state index in [1.165, 1.54) is 4.68 Å². The van der Waals surface area contributed by atoms with E-state index in [0.717, 1.165) is 16.5 Å². The van der Waals surface area contributed by atoms with E-state index >= 15 is 0 Å². The maximum atomic E-state index is 13.3. The Labute approximate surface area is 218 Å². The van der Waals surface area contributed by atoms with Crippen LogP contribution in [0, 0.1) is 6.92 Å². The summed E-state index contributed by atoms with van der Waals surface area (Å²) in [4.78, 5) is 30.5. The molecule has 0 saturated carbocycles. The van der Waals surface area contributed by atoms with Gasteiger partial charge in [0.2, 0.25) is 0 Å². The molecule has 0 aliphatic rings. The van der Waals surface area contributed by atoms with E-state index < -0.39 is 0 Å². The van der Waals surface area contributed by atoms with Crippen molar-refractivity contribution in [3.05, 3.63) is 98.5 Å². The average Bonchev–Trinajstić information content (AvgIpc) is 2.88. The Hall–Kier alpha value is -3.78. The van der Waals surface area contributed by atoms with Crippen LogP contribution in [0.25, 0.3) is 10.9 Å². The first kappa shape index (κ1) is 25.3. The summed E-state index contributed by atoms with van der Waals surface area (Å²) >= 11 is 3.43. The molecule has 0 aliphatic carbocycles. The molecule has 0 radical (unpaired) electrons. The first-order chi connectivity index (χ1) is 17.4. The number of para-hydroxylation sites is 1. The summed E-state index contributed by atoms with van der Waals surface area (Å²) in [5.74, 6) is 0.824. The third-order valence-electron chi connectivity index (χ3n) is 5.81. The van der Waals surface area contributed by atoms with Crippen LogP contribution in [-0.4, -0.2) is 28.4 Å². The summed E-state index contributed by atoms with van der Waals surface area (Å²) in [6.07, 6.45) is 2.37. The molecule has 0 spiro atoms. The van der Waals surface area contributed by atoms with E-state index in [4.69, 9.17) is 9.72 Å². The maximum Gasteiger partial charge on any atom is 0.282 e. The Bertz CT molecular complexity index is 1480. The van der Waals surface area contributed by atoms with Crippen LogP contribution in [0.3, 0.4) is 0 Å². The number of fused-ring (bicyclic) bond motifs is 1. The van der Waals surface area contributed by atoms with Gasteiger partial charge in [0, 0.05) is 21.6 Å². The number of halogens is 1. The summed E-state index contributed by atoms with van der Waals surface area (Å²) in [5, 5.41) is 7.80. The zero-order valence-electron chi connectivity index (χ0n) is 20.4. The van der Waals surface area contributed by atoms with E-state index in [0.29, 0.717) is 33.7 Å². The Kier molecular flexibility index (Phi) is 7.95. The van der Waals surface area contributed by atoms with E-state index in [1.54, 1.807) is 18.3 Å². The Morgan fingerprint density at radius 3 is 2.67 bits per heavy atom. The lowest BCUT2D eigenvalue weighted by Crippen LogP contribution is -2.24. The van der Waals surface area contributed by atoms with Gasteiger partial charge in [0.15, 0.2) is 6.61 Å². The highest BCUT2D eigenvalue weighted by molar-refractivity contribution is 9.10. The molecular weight excluding hydrogens is 520 g/mol. The van der Waals surface area contributed by atoms with Crippen LogP contribution in [0.1, 0.15) is 43.1 Å². The van der Waals surface area contributed by atoms with Gasteiger partial charge in [-0.15, -0.1) is 0 Å². The Morgan fingerprint density at radius 1 is 1.17 bits per heavy atom. The van der Waals surface area contributed by atoms with Crippen molar-refractivity contribution in [2.75, 3.05) is 11.9 Å². The van der Waals surface area contributed by atoms with Crippen LogP contribution in [0.15, 0.2) is 81.1 Å². The minimum Gasteiger partial charge on any atom is -0.483 e. The lowest BCUT2D eigenvalue weighted by Gasteiger charge is -2.14. The summed E-state index contributed by atoms with van der Waals surface area (Å²) < 4.78 is 7.93. The molecule has 0 unspecified atom stereocenters. The number of benzene rings is 3. The van der Waals surface area contributed by atoms with Crippen molar-refractivity contribution in [1.82, 2.24) is 9.66 Å². The zero-order valence-corrected chi connectivity index (χ0v) is 22.0. The van der Waals surface area contributed by atoms with Gasteiger partial charge >= 0.3 is 0 Å². The first-order valence-corrected chi connectivity index (χ1v) is 12.5. The zero-order chi connectivity index (χ0) is 25.7. The fourth-order valence-electron chi connectivity index (χ4n) is 3.59. The fourth-order valence-corrected chi connectivity index (χ4v) is 3.96. The second-order valence-corrected chi connectivity index (χ2v) is 9.46. The Balaban J connectivity index is 1.59. The molecule has 0 fully saturated rings. The average molecular weight is 547 g/mol. The number of ether oxygens (including phenoxy) is 1. The van der Waals surface area contributed by atoms with E-state index in [1.807, 2.05) is 75.4 Å². The van der Waals surface area contributed by atoms with Gasteiger partial charge < -0.3 is 10.1 Å². The first-order valence-electron chi connectivity index (χ1n) is 11.7. The fraction of sp³-hybridized carbons (Fsp3) is 0.214. The molecule has 4 aromatic rings. The molecule has 0 aliphatic heterocycles. The standard InChI is InChI=1S/C28H27BrN4O3/c1-4-19(3)27-32-24-14-11-21(29)15-23(24)28(35)33(27)30-16-20-7-5-6-8-25(20)36-17-26(34)31-22-12-9-18(2)10-13-22/h5-16,19H,4,17H2,1-3H3,(H,31,34)/t19-/m1/s1. The minimum atomic E-state index is -0.273. The van der Waals surface area contributed by atoms with Crippen molar-refractivity contribution in [2.45, 2.75) is 33.1 Å². The van der Waals surface area contributed by atoms with E-state index in [2.05, 4.69) is 26.3 Å². The number of hydrogen-bond acceptors (Lipinski definition) is 5. The van der Waals surface area contributed by atoms with E-state index in [9.17, 15) is 9.59 Å². The monoisotopic (exact) mass is 546 g/mol. The summed E-state index contributed by atoms with van der Waals surface area (Å²) in [6, 6.07) is 20.2. The highest BCUT2D eigenvalue weighted by Crippen LogP contribution is 2.21. The second kappa shape index (κ2) is 11.3. The highest BCUT2D eigenvalue weighted by atomic mass is 79.9. The van der Waals surface area contributed by atoms with Crippen LogP contribution in [-0.2, 0) is 4.79 Å². The SMILES string of the molecule is CC[C@@H](C)c1nc2ccc(Br)cc2c(=O)n1N=Cc1ccccc1OCC(=O)Nc1ccc(C)cc1. The predicted octanol–water partition coefficient (Wildman–Crippen LogP) is 5.88. The molecule has 184 valence electrons. The topological polar surface area (TPSA) is 85.6 Å². The molecule has 7 nitrogen and oxygen atoms in total. The van der Waals surface area contributed by atoms with Gasteiger partial charge in [0.05, 0.1) is 17.1 Å². The number of nitrogens with zero attached hydrogens (tertiary/aromatic N) is 3. The smallest absolute Gasteiger partial charge is 0.282 e. The van der Waals surface area contributed by atoms with Crippen LogP contribution < -0.4 is 15.6 Å². The number of aryl methyl sites for hydroxylation is 1. The molecule has 0 saturated heterocycles. The molecule has 36 heavy (non-hydrogen) atoms. The lowest BCUT2D eigenvalue weighted by atomic mass is 10.1. The van der Waals surface area contributed by atoms with Crippen LogP contribution >= 0.6 is 15.9 Å².